The minimum absolute atomic E-state index is 0.518. The number of halogens is 1. The predicted octanol–water partition coefficient (Wildman–Crippen LogP) is 2.91. The van der Waals surface area contributed by atoms with Gasteiger partial charge in [-0.25, -0.2) is 0 Å². The van der Waals surface area contributed by atoms with Crippen LogP contribution in [0.4, 0.5) is 0 Å². The van der Waals surface area contributed by atoms with Crippen molar-refractivity contribution in [2.75, 3.05) is 20.3 Å². The largest absolute Gasteiger partial charge is 0.490 e. The molecule has 0 aliphatic heterocycles. The SMILES string of the molecule is COCCOc1cnc2ccc(Cl)cc2c1. The van der Waals surface area contributed by atoms with Crippen molar-refractivity contribution in [3.63, 3.8) is 0 Å². The Labute approximate surface area is 99.0 Å². The van der Waals surface area contributed by atoms with Crippen LogP contribution in [0, 0.1) is 0 Å². The smallest absolute Gasteiger partial charge is 0.138 e. The Morgan fingerprint density at radius 2 is 2.12 bits per heavy atom. The highest BCUT2D eigenvalue weighted by Crippen LogP contribution is 2.21. The molecule has 2 aromatic rings. The van der Waals surface area contributed by atoms with Crippen LogP contribution in [0.25, 0.3) is 10.9 Å². The van der Waals surface area contributed by atoms with Gasteiger partial charge in [0, 0.05) is 17.5 Å². The molecular weight excluding hydrogens is 226 g/mol. The second kappa shape index (κ2) is 5.14. The van der Waals surface area contributed by atoms with E-state index in [-0.39, 0.29) is 0 Å². The maximum atomic E-state index is 5.91. The zero-order valence-corrected chi connectivity index (χ0v) is 9.70. The quantitative estimate of drug-likeness (QED) is 0.767. The third kappa shape index (κ3) is 2.62. The van der Waals surface area contributed by atoms with Crippen molar-refractivity contribution in [2.45, 2.75) is 0 Å². The first kappa shape index (κ1) is 11.2. The first-order chi connectivity index (χ1) is 7.79. The summed E-state index contributed by atoms with van der Waals surface area (Å²) in [5.74, 6) is 0.729. The average molecular weight is 238 g/mol. The lowest BCUT2D eigenvalue weighted by Gasteiger charge is -2.06. The van der Waals surface area contributed by atoms with Gasteiger partial charge in [-0.3, -0.25) is 4.98 Å². The van der Waals surface area contributed by atoms with E-state index in [1.807, 2.05) is 24.3 Å². The fourth-order valence-corrected chi connectivity index (χ4v) is 1.58. The fraction of sp³-hybridized carbons (Fsp3) is 0.250. The van der Waals surface area contributed by atoms with E-state index in [1.165, 1.54) is 0 Å². The number of aromatic nitrogens is 1. The maximum absolute atomic E-state index is 5.91. The highest BCUT2D eigenvalue weighted by molar-refractivity contribution is 6.31. The molecule has 1 heterocycles. The number of methoxy groups -OCH3 is 1. The van der Waals surface area contributed by atoms with Crippen molar-refractivity contribution in [3.8, 4) is 5.75 Å². The van der Waals surface area contributed by atoms with Gasteiger partial charge in [0.15, 0.2) is 0 Å². The lowest BCUT2D eigenvalue weighted by molar-refractivity contribution is 0.146. The predicted molar refractivity (Wildman–Crippen MR) is 64.1 cm³/mol. The van der Waals surface area contributed by atoms with Crippen LogP contribution in [0.2, 0.25) is 5.02 Å². The molecule has 16 heavy (non-hydrogen) atoms. The Bertz CT molecular complexity index is 487. The molecular formula is C12H12ClNO2. The number of benzene rings is 1. The highest BCUT2D eigenvalue weighted by Gasteiger charge is 1.99. The number of nitrogens with zero attached hydrogens (tertiary/aromatic N) is 1. The molecule has 0 spiro atoms. The van der Waals surface area contributed by atoms with E-state index in [0.717, 1.165) is 16.7 Å². The number of ether oxygens (including phenoxy) is 2. The molecule has 1 aromatic heterocycles. The van der Waals surface area contributed by atoms with Gasteiger partial charge in [-0.05, 0) is 24.3 Å². The normalized spacial score (nSPS) is 10.6. The van der Waals surface area contributed by atoms with Crippen LogP contribution in [0.5, 0.6) is 5.75 Å². The summed E-state index contributed by atoms with van der Waals surface area (Å²) in [5, 5.41) is 1.67. The van der Waals surface area contributed by atoms with E-state index in [4.69, 9.17) is 21.1 Å². The molecule has 0 bridgehead atoms. The van der Waals surface area contributed by atoms with Crippen LogP contribution in [0.1, 0.15) is 0 Å². The zero-order valence-electron chi connectivity index (χ0n) is 8.94. The van der Waals surface area contributed by atoms with Crippen molar-refractivity contribution >= 4 is 22.5 Å². The summed E-state index contributed by atoms with van der Waals surface area (Å²) in [4.78, 5) is 4.28. The van der Waals surface area contributed by atoms with E-state index >= 15 is 0 Å². The molecule has 0 aliphatic rings. The molecule has 0 saturated heterocycles. The summed E-state index contributed by atoms with van der Waals surface area (Å²) in [6.07, 6.45) is 1.70. The molecule has 3 nitrogen and oxygen atoms in total. The molecule has 84 valence electrons. The Hall–Kier alpha value is -1.32. The van der Waals surface area contributed by atoms with E-state index in [1.54, 1.807) is 13.3 Å². The summed E-state index contributed by atoms with van der Waals surface area (Å²) in [5.41, 5.74) is 0.906. The first-order valence-electron chi connectivity index (χ1n) is 4.96. The zero-order chi connectivity index (χ0) is 11.4. The van der Waals surface area contributed by atoms with Crippen molar-refractivity contribution < 1.29 is 9.47 Å². The third-order valence-electron chi connectivity index (χ3n) is 2.17. The van der Waals surface area contributed by atoms with Gasteiger partial charge >= 0.3 is 0 Å². The molecule has 0 fully saturated rings. The van der Waals surface area contributed by atoms with E-state index in [9.17, 15) is 0 Å². The standard InChI is InChI=1S/C12H12ClNO2/c1-15-4-5-16-11-7-9-6-10(13)2-3-12(9)14-8-11/h2-3,6-8H,4-5H2,1H3. The minimum atomic E-state index is 0.518. The molecule has 0 radical (unpaired) electrons. The number of pyridine rings is 1. The number of fused-ring (bicyclic) bond motifs is 1. The van der Waals surface area contributed by atoms with Crippen molar-refractivity contribution in [3.05, 3.63) is 35.5 Å². The van der Waals surface area contributed by atoms with Crippen LogP contribution in [-0.2, 0) is 4.74 Å². The van der Waals surface area contributed by atoms with Gasteiger partial charge in [0.2, 0.25) is 0 Å². The van der Waals surface area contributed by atoms with Gasteiger partial charge in [-0.1, -0.05) is 11.6 Å². The topological polar surface area (TPSA) is 31.4 Å². The molecule has 2 rings (SSSR count). The molecule has 1 aromatic carbocycles. The number of rotatable bonds is 4. The molecule has 0 aliphatic carbocycles. The highest BCUT2D eigenvalue weighted by atomic mass is 35.5. The van der Waals surface area contributed by atoms with Gasteiger partial charge in [-0.15, -0.1) is 0 Å². The van der Waals surface area contributed by atoms with E-state index in [0.29, 0.717) is 18.2 Å². The molecule has 0 unspecified atom stereocenters. The molecule has 0 N–H and O–H groups in total. The van der Waals surface area contributed by atoms with Gasteiger partial charge < -0.3 is 9.47 Å². The number of hydrogen-bond donors (Lipinski definition) is 0. The van der Waals surface area contributed by atoms with Gasteiger partial charge in [0.1, 0.15) is 12.4 Å². The van der Waals surface area contributed by atoms with Crippen molar-refractivity contribution in [1.29, 1.82) is 0 Å². The summed E-state index contributed by atoms with van der Waals surface area (Å²) < 4.78 is 10.4. The summed E-state index contributed by atoms with van der Waals surface area (Å²) in [6.45, 7) is 1.08. The summed E-state index contributed by atoms with van der Waals surface area (Å²) in [7, 11) is 1.64. The lowest BCUT2D eigenvalue weighted by Crippen LogP contribution is -2.04. The monoisotopic (exact) mass is 237 g/mol. The molecule has 0 atom stereocenters. The Morgan fingerprint density at radius 1 is 1.25 bits per heavy atom. The summed E-state index contributed by atoms with van der Waals surface area (Å²) in [6, 6.07) is 7.50. The Morgan fingerprint density at radius 3 is 2.94 bits per heavy atom. The van der Waals surface area contributed by atoms with Crippen LogP contribution in [-0.4, -0.2) is 25.3 Å². The van der Waals surface area contributed by atoms with Crippen molar-refractivity contribution in [1.82, 2.24) is 4.98 Å². The molecule has 0 amide bonds. The van der Waals surface area contributed by atoms with Crippen LogP contribution >= 0.6 is 11.6 Å². The fourth-order valence-electron chi connectivity index (χ4n) is 1.40. The Balaban J connectivity index is 2.21. The lowest BCUT2D eigenvalue weighted by atomic mass is 10.2. The minimum Gasteiger partial charge on any atom is -0.490 e. The third-order valence-corrected chi connectivity index (χ3v) is 2.41. The van der Waals surface area contributed by atoms with Gasteiger partial charge in [-0.2, -0.15) is 0 Å². The van der Waals surface area contributed by atoms with Gasteiger partial charge in [0.05, 0.1) is 18.3 Å². The van der Waals surface area contributed by atoms with E-state index < -0.39 is 0 Å². The van der Waals surface area contributed by atoms with E-state index in [2.05, 4.69) is 4.98 Å². The maximum Gasteiger partial charge on any atom is 0.138 e. The molecule has 0 saturated carbocycles. The molecule has 4 heteroatoms. The second-order valence-electron chi connectivity index (χ2n) is 3.35. The summed E-state index contributed by atoms with van der Waals surface area (Å²) >= 11 is 5.91. The van der Waals surface area contributed by atoms with Gasteiger partial charge in [0.25, 0.3) is 0 Å². The van der Waals surface area contributed by atoms with Crippen LogP contribution in [0.15, 0.2) is 30.5 Å². The van der Waals surface area contributed by atoms with Crippen LogP contribution in [0.3, 0.4) is 0 Å². The number of hydrogen-bond acceptors (Lipinski definition) is 3. The Kier molecular flexibility index (Phi) is 3.59. The average Bonchev–Trinajstić information content (AvgIpc) is 2.29. The second-order valence-corrected chi connectivity index (χ2v) is 3.79. The van der Waals surface area contributed by atoms with Crippen molar-refractivity contribution in [2.24, 2.45) is 0 Å². The first-order valence-corrected chi connectivity index (χ1v) is 5.34. The van der Waals surface area contributed by atoms with Crippen LogP contribution < -0.4 is 4.74 Å².